The van der Waals surface area contributed by atoms with Crippen LogP contribution in [0.1, 0.15) is 12.8 Å². The van der Waals surface area contributed by atoms with Crippen molar-refractivity contribution in [2.45, 2.75) is 25.0 Å². The highest BCUT2D eigenvalue weighted by atomic mass is 35.5. The third-order valence-electron chi connectivity index (χ3n) is 5.73. The van der Waals surface area contributed by atoms with Crippen LogP contribution in [0, 0.1) is 5.82 Å². The Balaban J connectivity index is 1.55. The third-order valence-corrected chi connectivity index (χ3v) is 6.03. The Morgan fingerprint density at radius 1 is 1.18 bits per heavy atom. The number of rotatable bonds is 8. The summed E-state index contributed by atoms with van der Waals surface area (Å²) in [6.07, 6.45) is 6.34. The highest BCUT2D eigenvalue weighted by molar-refractivity contribution is 6.33. The maximum absolute atomic E-state index is 13.5. The first-order valence-corrected chi connectivity index (χ1v) is 11.3. The van der Waals surface area contributed by atoms with Gasteiger partial charge in [-0.1, -0.05) is 11.6 Å². The summed E-state index contributed by atoms with van der Waals surface area (Å²) in [5.41, 5.74) is 2.75. The van der Waals surface area contributed by atoms with Crippen molar-refractivity contribution in [1.29, 1.82) is 0 Å². The number of piperidine rings is 1. The summed E-state index contributed by atoms with van der Waals surface area (Å²) in [4.78, 5) is 15.9. The number of anilines is 1. The second kappa shape index (κ2) is 11.0. The van der Waals surface area contributed by atoms with E-state index in [0.717, 1.165) is 42.9 Å². The second-order valence-corrected chi connectivity index (χ2v) is 8.47. The molecule has 4 rings (SSSR count). The number of aliphatic hydroxyl groups excluding tert-OH is 1. The number of aliphatic hydroxyl groups is 1. The van der Waals surface area contributed by atoms with Gasteiger partial charge in [-0.3, -0.25) is 9.97 Å². The largest absolute Gasteiger partial charge is 0.389 e. The molecule has 9 heteroatoms. The van der Waals surface area contributed by atoms with Crippen molar-refractivity contribution in [2.24, 2.45) is 0 Å². The lowest BCUT2D eigenvalue weighted by Crippen LogP contribution is -2.45. The predicted octanol–water partition coefficient (Wildman–Crippen LogP) is 3.56. The molecule has 33 heavy (non-hydrogen) atoms. The molecule has 1 fully saturated rings. The van der Waals surface area contributed by atoms with Gasteiger partial charge in [-0.05, 0) is 43.2 Å². The van der Waals surface area contributed by atoms with Gasteiger partial charge in [-0.25, -0.2) is 9.37 Å². The van der Waals surface area contributed by atoms with Crippen LogP contribution in [0.15, 0.2) is 48.9 Å². The average molecular weight is 472 g/mol. The Morgan fingerprint density at radius 3 is 2.64 bits per heavy atom. The van der Waals surface area contributed by atoms with E-state index in [0.29, 0.717) is 35.6 Å². The molecule has 3 heterocycles. The number of pyridine rings is 1. The van der Waals surface area contributed by atoms with E-state index >= 15 is 0 Å². The molecule has 0 amide bonds. The summed E-state index contributed by atoms with van der Waals surface area (Å²) in [7, 11) is 1.58. The first-order chi connectivity index (χ1) is 16.0. The van der Waals surface area contributed by atoms with Crippen LogP contribution in [0.25, 0.3) is 22.5 Å². The minimum atomic E-state index is -0.509. The minimum absolute atomic E-state index is 0.307. The molecular formula is C24H27ClFN5O2. The van der Waals surface area contributed by atoms with Crippen LogP contribution in [0.3, 0.4) is 0 Å². The van der Waals surface area contributed by atoms with Crippen molar-refractivity contribution in [3.05, 3.63) is 59.8 Å². The first kappa shape index (κ1) is 23.5. The second-order valence-electron chi connectivity index (χ2n) is 8.07. The zero-order valence-electron chi connectivity index (χ0n) is 18.4. The van der Waals surface area contributed by atoms with Crippen molar-refractivity contribution in [2.75, 3.05) is 38.3 Å². The van der Waals surface area contributed by atoms with Crippen LogP contribution < -0.4 is 10.2 Å². The van der Waals surface area contributed by atoms with Crippen LogP contribution in [0.2, 0.25) is 5.02 Å². The van der Waals surface area contributed by atoms with Gasteiger partial charge in [0.2, 0.25) is 0 Å². The van der Waals surface area contributed by atoms with Crippen molar-refractivity contribution in [3.63, 3.8) is 0 Å². The Kier molecular flexibility index (Phi) is 7.82. The molecule has 1 atom stereocenters. The maximum atomic E-state index is 13.5. The number of nitrogens with one attached hydrogen (secondary N) is 1. The standard InChI is InChI=1S/C24H27ClFN5O2/c1-33-15-19(32)12-28-18-7-10-31(11-8-18)22-14-29-23(16-2-4-17(26)5-3-16)24(30-22)20-6-9-27-13-21(20)25/h2-6,9,13-14,18-19,28,32H,7-8,10-12,15H2,1H3/t19-/m0/s1. The molecule has 0 saturated carbocycles. The first-order valence-electron chi connectivity index (χ1n) is 10.9. The lowest BCUT2D eigenvalue weighted by Gasteiger charge is -2.33. The molecule has 1 aromatic carbocycles. The van der Waals surface area contributed by atoms with Gasteiger partial charge in [0.15, 0.2) is 0 Å². The van der Waals surface area contributed by atoms with Crippen molar-refractivity contribution >= 4 is 17.4 Å². The van der Waals surface area contributed by atoms with Crippen molar-refractivity contribution in [3.8, 4) is 22.5 Å². The molecule has 0 aliphatic carbocycles. The molecule has 0 unspecified atom stereocenters. The molecule has 3 aromatic rings. The van der Waals surface area contributed by atoms with Gasteiger partial charge in [0, 0.05) is 56.3 Å². The van der Waals surface area contributed by atoms with E-state index in [1.54, 1.807) is 37.8 Å². The lowest BCUT2D eigenvalue weighted by atomic mass is 10.0. The van der Waals surface area contributed by atoms with Crippen molar-refractivity contribution in [1.82, 2.24) is 20.3 Å². The fourth-order valence-corrected chi connectivity index (χ4v) is 4.18. The minimum Gasteiger partial charge on any atom is -0.389 e. The van der Waals surface area contributed by atoms with Crippen LogP contribution >= 0.6 is 11.6 Å². The fraction of sp³-hybridized carbons (Fsp3) is 0.375. The number of benzene rings is 1. The van der Waals surface area contributed by atoms with Crippen LogP contribution in [0.4, 0.5) is 10.2 Å². The van der Waals surface area contributed by atoms with E-state index in [1.165, 1.54) is 12.1 Å². The zero-order valence-corrected chi connectivity index (χ0v) is 19.2. The van der Waals surface area contributed by atoms with E-state index in [4.69, 9.17) is 26.3 Å². The van der Waals surface area contributed by atoms with Crippen molar-refractivity contribution < 1.29 is 14.2 Å². The van der Waals surface area contributed by atoms with Gasteiger partial charge in [-0.2, -0.15) is 0 Å². The highest BCUT2D eigenvalue weighted by Crippen LogP contribution is 2.34. The van der Waals surface area contributed by atoms with E-state index < -0.39 is 6.10 Å². The number of nitrogens with zero attached hydrogens (tertiary/aromatic N) is 4. The van der Waals surface area contributed by atoms with Crippen LogP contribution in [0.5, 0.6) is 0 Å². The number of halogens is 2. The van der Waals surface area contributed by atoms with Gasteiger partial charge in [0.05, 0.1) is 29.6 Å². The lowest BCUT2D eigenvalue weighted by molar-refractivity contribution is 0.0621. The average Bonchev–Trinajstić information content (AvgIpc) is 2.84. The number of hydrogen-bond donors (Lipinski definition) is 2. The summed E-state index contributed by atoms with van der Waals surface area (Å²) in [5, 5.41) is 13.7. The number of aromatic nitrogens is 3. The van der Waals surface area contributed by atoms with Gasteiger partial charge < -0.3 is 20.1 Å². The maximum Gasteiger partial charge on any atom is 0.147 e. The predicted molar refractivity (Wildman–Crippen MR) is 127 cm³/mol. The molecule has 174 valence electrons. The zero-order chi connectivity index (χ0) is 23.2. The monoisotopic (exact) mass is 471 g/mol. The summed E-state index contributed by atoms with van der Waals surface area (Å²) in [6.45, 7) is 2.45. The smallest absolute Gasteiger partial charge is 0.147 e. The molecule has 1 aliphatic heterocycles. The molecule has 0 spiro atoms. The van der Waals surface area contributed by atoms with E-state index in [-0.39, 0.29) is 5.82 Å². The molecule has 7 nitrogen and oxygen atoms in total. The number of ether oxygens (including phenoxy) is 1. The summed E-state index contributed by atoms with van der Waals surface area (Å²) in [6, 6.07) is 8.33. The van der Waals surface area contributed by atoms with Gasteiger partial charge in [0.25, 0.3) is 0 Å². The van der Waals surface area contributed by atoms with E-state index in [9.17, 15) is 9.50 Å². The van der Waals surface area contributed by atoms with Gasteiger partial charge in [0.1, 0.15) is 17.3 Å². The number of hydrogen-bond acceptors (Lipinski definition) is 7. The van der Waals surface area contributed by atoms with Gasteiger partial charge in [-0.15, -0.1) is 0 Å². The Bertz CT molecular complexity index is 1060. The molecule has 0 bridgehead atoms. The van der Waals surface area contributed by atoms with Gasteiger partial charge >= 0.3 is 0 Å². The quantitative estimate of drug-likeness (QED) is 0.519. The van der Waals surface area contributed by atoms with E-state index in [2.05, 4.69) is 15.2 Å². The normalized spacial score (nSPS) is 15.6. The third kappa shape index (κ3) is 5.83. The summed E-state index contributed by atoms with van der Waals surface area (Å²) in [5.74, 6) is 0.458. The molecule has 1 aliphatic rings. The summed E-state index contributed by atoms with van der Waals surface area (Å²) >= 11 is 6.44. The van der Waals surface area contributed by atoms with Crippen LogP contribution in [-0.2, 0) is 4.74 Å². The number of methoxy groups -OCH3 is 1. The Hall–Kier alpha value is -2.65. The Morgan fingerprint density at radius 2 is 1.94 bits per heavy atom. The SMILES string of the molecule is COC[C@@H](O)CNC1CCN(c2cnc(-c3ccc(F)cc3)c(-c3ccncc3Cl)n2)CC1. The Labute approximate surface area is 197 Å². The molecule has 2 aromatic heterocycles. The van der Waals surface area contributed by atoms with Crippen LogP contribution in [-0.4, -0.2) is 65.6 Å². The molecule has 1 saturated heterocycles. The summed E-state index contributed by atoms with van der Waals surface area (Å²) < 4.78 is 18.4. The molecule has 0 radical (unpaired) electrons. The molecule has 2 N–H and O–H groups in total. The topological polar surface area (TPSA) is 83.4 Å². The molecular weight excluding hydrogens is 445 g/mol. The van der Waals surface area contributed by atoms with E-state index in [1.807, 2.05) is 6.07 Å². The fourth-order valence-electron chi connectivity index (χ4n) is 3.97. The highest BCUT2D eigenvalue weighted by Gasteiger charge is 2.23.